The standard InChI is InChI=1S/C16H16ClN5S/c1-9(2)20-16-19-8-14(23-16)13-7-12(21-15(18)22-13)10-5-3-4-6-11(10)17/h3-9H,1-2H3,(H,19,20)(H2,18,21,22). The van der Waals surface area contributed by atoms with Crippen molar-refractivity contribution < 1.29 is 0 Å². The summed E-state index contributed by atoms with van der Waals surface area (Å²) in [4.78, 5) is 13.9. The number of halogens is 1. The summed E-state index contributed by atoms with van der Waals surface area (Å²) in [6, 6.07) is 9.73. The lowest BCUT2D eigenvalue weighted by molar-refractivity contribution is 0.896. The molecule has 2 heterocycles. The van der Waals surface area contributed by atoms with Crippen LogP contribution < -0.4 is 11.1 Å². The number of rotatable bonds is 4. The summed E-state index contributed by atoms with van der Waals surface area (Å²) < 4.78 is 0. The van der Waals surface area contributed by atoms with E-state index in [-0.39, 0.29) is 5.95 Å². The van der Waals surface area contributed by atoms with E-state index in [9.17, 15) is 0 Å². The maximum atomic E-state index is 6.25. The Labute approximate surface area is 143 Å². The van der Waals surface area contributed by atoms with Gasteiger partial charge in [0.25, 0.3) is 0 Å². The lowest BCUT2D eigenvalue weighted by atomic mass is 10.1. The average molecular weight is 346 g/mol. The Kier molecular flexibility index (Phi) is 4.45. The second kappa shape index (κ2) is 6.52. The van der Waals surface area contributed by atoms with Gasteiger partial charge in [-0.3, -0.25) is 0 Å². The van der Waals surface area contributed by atoms with E-state index in [0.29, 0.717) is 16.8 Å². The predicted octanol–water partition coefficient (Wildman–Crippen LogP) is 4.32. The quantitative estimate of drug-likeness (QED) is 0.736. The van der Waals surface area contributed by atoms with E-state index in [1.807, 2.05) is 30.3 Å². The van der Waals surface area contributed by atoms with Gasteiger partial charge in [0.15, 0.2) is 5.13 Å². The summed E-state index contributed by atoms with van der Waals surface area (Å²) in [5.41, 5.74) is 8.14. The maximum Gasteiger partial charge on any atom is 0.221 e. The number of thiazole rings is 1. The number of aromatic nitrogens is 3. The predicted molar refractivity (Wildman–Crippen MR) is 96.8 cm³/mol. The Morgan fingerprint density at radius 1 is 1.17 bits per heavy atom. The molecule has 0 atom stereocenters. The van der Waals surface area contributed by atoms with Crippen molar-refractivity contribution in [1.29, 1.82) is 0 Å². The second-order valence-electron chi connectivity index (χ2n) is 5.31. The number of nitrogens with two attached hydrogens (primary N) is 1. The molecule has 0 aliphatic carbocycles. The van der Waals surface area contributed by atoms with Crippen molar-refractivity contribution in [2.45, 2.75) is 19.9 Å². The van der Waals surface area contributed by atoms with Crippen LogP contribution in [0.2, 0.25) is 5.02 Å². The van der Waals surface area contributed by atoms with Gasteiger partial charge in [0.1, 0.15) is 0 Å². The second-order valence-corrected chi connectivity index (χ2v) is 6.74. The molecule has 5 nitrogen and oxygen atoms in total. The minimum atomic E-state index is 0.212. The van der Waals surface area contributed by atoms with Gasteiger partial charge in [0.2, 0.25) is 5.95 Å². The van der Waals surface area contributed by atoms with Gasteiger partial charge in [-0.05, 0) is 26.0 Å². The fraction of sp³-hybridized carbons (Fsp3) is 0.188. The zero-order valence-corrected chi connectivity index (χ0v) is 14.3. The fourth-order valence-electron chi connectivity index (χ4n) is 2.11. The Morgan fingerprint density at radius 2 is 1.91 bits per heavy atom. The van der Waals surface area contributed by atoms with Crippen molar-refractivity contribution in [3.63, 3.8) is 0 Å². The highest BCUT2D eigenvalue weighted by molar-refractivity contribution is 7.18. The van der Waals surface area contributed by atoms with Gasteiger partial charge in [-0.1, -0.05) is 41.1 Å². The number of nitrogen functional groups attached to an aromatic ring is 1. The molecule has 0 spiro atoms. The smallest absolute Gasteiger partial charge is 0.221 e. The number of nitrogens with zero attached hydrogens (tertiary/aromatic N) is 3. The number of hydrogen-bond acceptors (Lipinski definition) is 6. The first-order chi connectivity index (χ1) is 11.0. The Hall–Kier alpha value is -2.18. The van der Waals surface area contributed by atoms with Crippen LogP contribution >= 0.6 is 22.9 Å². The van der Waals surface area contributed by atoms with Crippen LogP contribution in [0.25, 0.3) is 21.8 Å². The van der Waals surface area contributed by atoms with Gasteiger partial charge in [0.05, 0.1) is 16.3 Å². The topological polar surface area (TPSA) is 76.7 Å². The molecular weight excluding hydrogens is 330 g/mol. The molecule has 2 aromatic heterocycles. The third kappa shape index (κ3) is 3.60. The molecular formula is C16H16ClN5S. The molecule has 0 saturated carbocycles. The van der Waals surface area contributed by atoms with Crippen LogP contribution in [0.15, 0.2) is 36.5 Å². The Bertz CT molecular complexity index is 831. The van der Waals surface area contributed by atoms with E-state index in [1.165, 1.54) is 11.3 Å². The van der Waals surface area contributed by atoms with Crippen LogP contribution in [0.1, 0.15) is 13.8 Å². The molecule has 0 fully saturated rings. The van der Waals surface area contributed by atoms with Crippen molar-refractivity contribution in [3.8, 4) is 21.8 Å². The first kappa shape index (κ1) is 15.7. The Balaban J connectivity index is 2.01. The molecule has 1 aromatic carbocycles. The van der Waals surface area contributed by atoms with Gasteiger partial charge in [-0.25, -0.2) is 15.0 Å². The molecule has 0 saturated heterocycles. The molecule has 118 valence electrons. The van der Waals surface area contributed by atoms with Crippen LogP contribution in [-0.4, -0.2) is 21.0 Å². The molecule has 7 heteroatoms. The molecule has 0 bridgehead atoms. The van der Waals surface area contributed by atoms with Crippen LogP contribution in [-0.2, 0) is 0 Å². The fourth-order valence-corrected chi connectivity index (χ4v) is 3.26. The van der Waals surface area contributed by atoms with Gasteiger partial charge in [-0.2, -0.15) is 0 Å². The summed E-state index contributed by atoms with van der Waals surface area (Å²) in [6.45, 7) is 4.14. The van der Waals surface area contributed by atoms with Crippen LogP contribution in [0.4, 0.5) is 11.1 Å². The number of anilines is 2. The van der Waals surface area contributed by atoms with E-state index in [4.69, 9.17) is 17.3 Å². The summed E-state index contributed by atoms with van der Waals surface area (Å²) in [6.07, 6.45) is 1.79. The van der Waals surface area contributed by atoms with E-state index >= 15 is 0 Å². The largest absolute Gasteiger partial charge is 0.368 e. The summed E-state index contributed by atoms with van der Waals surface area (Å²) in [7, 11) is 0. The molecule has 0 unspecified atom stereocenters. The van der Waals surface area contributed by atoms with Gasteiger partial charge >= 0.3 is 0 Å². The number of nitrogens with one attached hydrogen (secondary N) is 1. The summed E-state index contributed by atoms with van der Waals surface area (Å²) in [5, 5.41) is 4.76. The van der Waals surface area contributed by atoms with E-state index < -0.39 is 0 Å². The molecule has 23 heavy (non-hydrogen) atoms. The van der Waals surface area contributed by atoms with Crippen molar-refractivity contribution in [1.82, 2.24) is 15.0 Å². The minimum Gasteiger partial charge on any atom is -0.368 e. The minimum absolute atomic E-state index is 0.212. The van der Waals surface area contributed by atoms with Gasteiger partial charge in [0, 0.05) is 22.8 Å². The molecule has 3 rings (SSSR count). The molecule has 0 radical (unpaired) electrons. The maximum absolute atomic E-state index is 6.25. The van der Waals surface area contributed by atoms with Crippen molar-refractivity contribution in [3.05, 3.63) is 41.6 Å². The first-order valence-electron chi connectivity index (χ1n) is 7.15. The molecule has 3 N–H and O–H groups in total. The van der Waals surface area contributed by atoms with E-state index in [1.54, 1.807) is 6.20 Å². The normalized spacial score (nSPS) is 11.0. The summed E-state index contributed by atoms with van der Waals surface area (Å²) in [5.74, 6) is 0.212. The van der Waals surface area contributed by atoms with Crippen LogP contribution in [0.5, 0.6) is 0 Å². The van der Waals surface area contributed by atoms with Crippen molar-refractivity contribution in [2.24, 2.45) is 0 Å². The molecule has 0 amide bonds. The van der Waals surface area contributed by atoms with Crippen LogP contribution in [0.3, 0.4) is 0 Å². The molecule has 3 aromatic rings. The van der Waals surface area contributed by atoms with E-state index in [2.05, 4.69) is 34.1 Å². The lowest BCUT2D eigenvalue weighted by Crippen LogP contribution is -2.08. The third-order valence-corrected chi connectivity index (χ3v) is 4.34. The van der Waals surface area contributed by atoms with Crippen molar-refractivity contribution >= 4 is 34.0 Å². The highest BCUT2D eigenvalue weighted by Gasteiger charge is 2.12. The first-order valence-corrected chi connectivity index (χ1v) is 8.34. The highest BCUT2D eigenvalue weighted by Crippen LogP contribution is 2.32. The third-order valence-electron chi connectivity index (χ3n) is 3.06. The Morgan fingerprint density at radius 3 is 2.65 bits per heavy atom. The van der Waals surface area contributed by atoms with Crippen molar-refractivity contribution in [2.75, 3.05) is 11.1 Å². The SMILES string of the molecule is CC(C)Nc1ncc(-c2cc(-c3ccccc3Cl)nc(N)n2)s1. The highest BCUT2D eigenvalue weighted by atomic mass is 35.5. The molecule has 0 aliphatic heterocycles. The monoisotopic (exact) mass is 345 g/mol. The molecule has 0 aliphatic rings. The number of hydrogen-bond donors (Lipinski definition) is 2. The zero-order valence-electron chi connectivity index (χ0n) is 12.7. The summed E-state index contributed by atoms with van der Waals surface area (Å²) >= 11 is 7.78. The number of benzene rings is 1. The van der Waals surface area contributed by atoms with E-state index in [0.717, 1.165) is 21.3 Å². The lowest BCUT2D eigenvalue weighted by Gasteiger charge is -2.06. The van der Waals surface area contributed by atoms with Gasteiger partial charge in [-0.15, -0.1) is 0 Å². The zero-order chi connectivity index (χ0) is 16.4. The van der Waals surface area contributed by atoms with Gasteiger partial charge < -0.3 is 11.1 Å². The van der Waals surface area contributed by atoms with Crippen LogP contribution in [0, 0.1) is 0 Å². The average Bonchev–Trinajstić information content (AvgIpc) is 2.95.